The van der Waals surface area contributed by atoms with Gasteiger partial charge in [0.25, 0.3) is 0 Å². The van der Waals surface area contributed by atoms with Crippen LogP contribution in [-0.2, 0) is 11.2 Å². The molecule has 0 saturated carbocycles. The van der Waals surface area contributed by atoms with Gasteiger partial charge in [0.2, 0.25) is 0 Å². The number of fused-ring (bicyclic) bond motifs is 1. The summed E-state index contributed by atoms with van der Waals surface area (Å²) in [7, 11) is 0. The number of rotatable bonds is 1. The van der Waals surface area contributed by atoms with Crippen LogP contribution in [0.2, 0.25) is 0 Å². The van der Waals surface area contributed by atoms with Crippen LogP contribution in [0.3, 0.4) is 0 Å². The maximum Gasteiger partial charge on any atom is 0.408 e. The molecule has 4 nitrogen and oxygen atoms in total. The second-order valence-corrected chi connectivity index (χ2v) is 5.58. The summed E-state index contributed by atoms with van der Waals surface area (Å²) >= 11 is 0. The molecule has 1 N–H and O–H groups in total. The average Bonchev–Trinajstić information content (AvgIpc) is 2.79. The van der Waals surface area contributed by atoms with E-state index in [1.165, 1.54) is 5.56 Å². The molecule has 0 saturated heterocycles. The van der Waals surface area contributed by atoms with Crippen molar-refractivity contribution in [2.75, 3.05) is 13.2 Å². The largest absolute Gasteiger partial charge is 0.493 e. The first kappa shape index (κ1) is 14.3. The first-order chi connectivity index (χ1) is 9.44. The fraction of sp³-hybridized carbons (Fsp3) is 0.438. The molecular weight excluding hydrogens is 254 g/mol. The van der Waals surface area contributed by atoms with Crippen LogP contribution >= 0.6 is 0 Å². The molecule has 0 bridgehead atoms. The van der Waals surface area contributed by atoms with Gasteiger partial charge in [-0.15, -0.1) is 0 Å². The predicted molar refractivity (Wildman–Crippen MR) is 76.8 cm³/mol. The molecule has 1 aliphatic heterocycles. The minimum absolute atomic E-state index is 0.266. The summed E-state index contributed by atoms with van der Waals surface area (Å²) in [6.07, 6.45) is 0.482. The van der Waals surface area contributed by atoms with Gasteiger partial charge >= 0.3 is 6.09 Å². The molecule has 0 unspecified atom stereocenters. The Morgan fingerprint density at radius 2 is 2.25 bits per heavy atom. The molecule has 0 spiro atoms. The van der Waals surface area contributed by atoms with Crippen molar-refractivity contribution in [2.45, 2.75) is 32.8 Å². The molecule has 1 aliphatic rings. The van der Waals surface area contributed by atoms with Crippen molar-refractivity contribution in [3.63, 3.8) is 0 Å². The number of nitrogens with one attached hydrogen (secondary N) is 1. The molecular formula is C16H19NO3. The van der Waals surface area contributed by atoms with Crippen molar-refractivity contribution >= 4 is 6.09 Å². The van der Waals surface area contributed by atoms with E-state index in [1.54, 1.807) is 0 Å². The Balaban J connectivity index is 1.84. The molecule has 0 aromatic heterocycles. The highest BCUT2D eigenvalue weighted by atomic mass is 16.6. The third-order valence-electron chi connectivity index (χ3n) is 2.64. The molecule has 0 radical (unpaired) electrons. The Morgan fingerprint density at radius 3 is 3.00 bits per heavy atom. The maximum atomic E-state index is 11.4. The first-order valence-electron chi connectivity index (χ1n) is 6.65. The third kappa shape index (κ3) is 4.20. The van der Waals surface area contributed by atoms with E-state index in [4.69, 9.17) is 9.47 Å². The topological polar surface area (TPSA) is 47.6 Å². The van der Waals surface area contributed by atoms with Crippen LogP contribution < -0.4 is 10.1 Å². The molecule has 0 fully saturated rings. The van der Waals surface area contributed by atoms with Gasteiger partial charge in [-0.3, -0.25) is 0 Å². The second kappa shape index (κ2) is 5.87. The van der Waals surface area contributed by atoms with E-state index in [0.29, 0.717) is 0 Å². The zero-order valence-corrected chi connectivity index (χ0v) is 12.1. The van der Waals surface area contributed by atoms with Gasteiger partial charge in [-0.25, -0.2) is 4.79 Å². The summed E-state index contributed by atoms with van der Waals surface area (Å²) in [5.41, 5.74) is 1.63. The standard InChI is InChI=1S/C16H19NO3/c1-16(2,3)20-15(18)17-9-4-5-12-6-7-14-13(11-12)8-10-19-14/h6-7,11H,8-10H2,1-3H3,(H,17,18). The molecule has 4 heteroatoms. The number of ether oxygens (including phenoxy) is 2. The fourth-order valence-electron chi connectivity index (χ4n) is 1.84. The Hall–Kier alpha value is -2.15. The lowest BCUT2D eigenvalue weighted by Crippen LogP contribution is -2.32. The first-order valence-corrected chi connectivity index (χ1v) is 6.65. The van der Waals surface area contributed by atoms with E-state index >= 15 is 0 Å². The van der Waals surface area contributed by atoms with Crippen molar-refractivity contribution in [3.05, 3.63) is 29.3 Å². The summed E-state index contributed by atoms with van der Waals surface area (Å²) in [5.74, 6) is 6.87. The van der Waals surface area contributed by atoms with Gasteiger partial charge in [-0.1, -0.05) is 11.8 Å². The summed E-state index contributed by atoms with van der Waals surface area (Å²) in [6.45, 7) is 6.48. The van der Waals surface area contributed by atoms with E-state index in [2.05, 4.69) is 17.2 Å². The number of alkyl carbamates (subject to hydrolysis) is 1. The Bertz CT molecular complexity index is 561. The zero-order valence-electron chi connectivity index (χ0n) is 12.1. The highest BCUT2D eigenvalue weighted by molar-refractivity contribution is 5.68. The zero-order chi connectivity index (χ0) is 14.6. The summed E-state index contributed by atoms with van der Waals surface area (Å²) in [4.78, 5) is 11.4. The van der Waals surface area contributed by atoms with Crippen LogP contribution in [0, 0.1) is 11.8 Å². The summed E-state index contributed by atoms with van der Waals surface area (Å²) in [6, 6.07) is 5.89. The number of amides is 1. The molecule has 1 heterocycles. The molecule has 1 aromatic carbocycles. The molecule has 106 valence electrons. The van der Waals surface area contributed by atoms with Gasteiger partial charge in [0.1, 0.15) is 11.4 Å². The van der Waals surface area contributed by atoms with E-state index in [9.17, 15) is 4.79 Å². The lowest BCUT2D eigenvalue weighted by Gasteiger charge is -2.18. The number of hydrogen-bond donors (Lipinski definition) is 1. The molecule has 0 aliphatic carbocycles. The number of hydrogen-bond acceptors (Lipinski definition) is 3. The summed E-state index contributed by atoms with van der Waals surface area (Å²) in [5, 5.41) is 2.60. The molecule has 2 rings (SSSR count). The van der Waals surface area contributed by atoms with E-state index in [-0.39, 0.29) is 6.54 Å². The predicted octanol–water partition coefficient (Wildman–Crippen LogP) is 2.50. The van der Waals surface area contributed by atoms with Gasteiger partial charge in [0, 0.05) is 12.0 Å². The SMILES string of the molecule is CC(C)(C)OC(=O)NCC#Cc1ccc2c(c1)CCO2. The molecule has 1 amide bonds. The Labute approximate surface area is 119 Å². The fourth-order valence-corrected chi connectivity index (χ4v) is 1.84. The van der Waals surface area contributed by atoms with Gasteiger partial charge in [0.05, 0.1) is 13.2 Å². The molecule has 0 atom stereocenters. The Morgan fingerprint density at radius 1 is 1.45 bits per heavy atom. The van der Waals surface area contributed by atoms with Crippen LogP contribution in [0.15, 0.2) is 18.2 Å². The molecule has 1 aromatic rings. The van der Waals surface area contributed by atoms with Crippen molar-refractivity contribution < 1.29 is 14.3 Å². The van der Waals surface area contributed by atoms with Gasteiger partial charge < -0.3 is 14.8 Å². The van der Waals surface area contributed by atoms with Crippen molar-refractivity contribution in [1.29, 1.82) is 0 Å². The Kier molecular flexibility index (Phi) is 4.19. The number of carbonyl (C=O) groups excluding carboxylic acids is 1. The maximum absolute atomic E-state index is 11.4. The van der Waals surface area contributed by atoms with Crippen molar-refractivity contribution in [2.24, 2.45) is 0 Å². The van der Waals surface area contributed by atoms with Gasteiger partial charge in [0.15, 0.2) is 0 Å². The monoisotopic (exact) mass is 273 g/mol. The number of benzene rings is 1. The highest BCUT2D eigenvalue weighted by Crippen LogP contribution is 2.25. The van der Waals surface area contributed by atoms with Crippen molar-refractivity contribution in [3.8, 4) is 17.6 Å². The second-order valence-electron chi connectivity index (χ2n) is 5.58. The van der Waals surface area contributed by atoms with Gasteiger partial charge in [-0.05, 0) is 44.5 Å². The van der Waals surface area contributed by atoms with Crippen LogP contribution in [0.1, 0.15) is 31.9 Å². The minimum Gasteiger partial charge on any atom is -0.493 e. The van der Waals surface area contributed by atoms with Crippen molar-refractivity contribution in [1.82, 2.24) is 5.32 Å². The van der Waals surface area contributed by atoms with Crippen LogP contribution in [0.25, 0.3) is 0 Å². The summed E-state index contributed by atoms with van der Waals surface area (Å²) < 4.78 is 10.6. The van der Waals surface area contributed by atoms with E-state index < -0.39 is 11.7 Å². The quantitative estimate of drug-likeness (QED) is 0.800. The third-order valence-corrected chi connectivity index (χ3v) is 2.64. The van der Waals surface area contributed by atoms with E-state index in [0.717, 1.165) is 24.3 Å². The average molecular weight is 273 g/mol. The number of carbonyl (C=O) groups is 1. The van der Waals surface area contributed by atoms with Crippen LogP contribution in [-0.4, -0.2) is 24.8 Å². The van der Waals surface area contributed by atoms with Gasteiger partial charge in [-0.2, -0.15) is 0 Å². The lowest BCUT2D eigenvalue weighted by molar-refractivity contribution is 0.0535. The molecule has 20 heavy (non-hydrogen) atoms. The smallest absolute Gasteiger partial charge is 0.408 e. The van der Waals surface area contributed by atoms with Crippen LogP contribution in [0.4, 0.5) is 4.79 Å². The van der Waals surface area contributed by atoms with E-state index in [1.807, 2.05) is 39.0 Å². The normalized spacial score (nSPS) is 12.8. The minimum atomic E-state index is -0.489. The van der Waals surface area contributed by atoms with Crippen LogP contribution in [0.5, 0.6) is 5.75 Å². The highest BCUT2D eigenvalue weighted by Gasteiger charge is 2.15. The lowest BCUT2D eigenvalue weighted by atomic mass is 10.1.